The summed E-state index contributed by atoms with van der Waals surface area (Å²) in [5.74, 6) is 0.0862. The summed E-state index contributed by atoms with van der Waals surface area (Å²) >= 11 is 0. The monoisotopic (exact) mass is 266 g/mol. The van der Waals surface area contributed by atoms with Gasteiger partial charge in [-0.15, -0.1) is 0 Å². The first kappa shape index (κ1) is 15.1. The maximum absolute atomic E-state index is 11.8. The van der Waals surface area contributed by atoms with Crippen LogP contribution < -0.4 is 15.8 Å². The van der Waals surface area contributed by atoms with Gasteiger partial charge < -0.3 is 20.9 Å². The number of carbonyl (C=O) groups excluding carboxylic acids is 1. The molecule has 1 rings (SSSR count). The highest BCUT2D eigenvalue weighted by Crippen LogP contribution is 2.30. The van der Waals surface area contributed by atoms with Gasteiger partial charge >= 0.3 is 0 Å². The molecular formula is C14H22N2O3. The average molecular weight is 266 g/mol. The van der Waals surface area contributed by atoms with Crippen LogP contribution in [0.25, 0.3) is 0 Å². The van der Waals surface area contributed by atoms with E-state index in [-0.39, 0.29) is 17.3 Å². The van der Waals surface area contributed by atoms with E-state index in [1.807, 2.05) is 0 Å². The largest absolute Gasteiger partial charge is 0.506 e. The van der Waals surface area contributed by atoms with Crippen LogP contribution in [-0.2, 0) is 4.79 Å². The molecule has 1 unspecified atom stereocenters. The number of anilines is 1. The number of carbonyl (C=O) groups is 1. The van der Waals surface area contributed by atoms with E-state index >= 15 is 0 Å². The molecule has 1 amide bonds. The van der Waals surface area contributed by atoms with Crippen molar-refractivity contribution < 1.29 is 14.6 Å². The van der Waals surface area contributed by atoms with E-state index in [1.54, 1.807) is 19.1 Å². The van der Waals surface area contributed by atoms with Crippen molar-refractivity contribution in [3.8, 4) is 11.5 Å². The molecule has 0 aromatic heterocycles. The molecule has 0 aliphatic heterocycles. The van der Waals surface area contributed by atoms with Gasteiger partial charge in [0.05, 0.1) is 0 Å². The normalized spacial score (nSPS) is 11.9. The molecule has 0 saturated carbocycles. The Hall–Kier alpha value is -1.91. The summed E-state index contributed by atoms with van der Waals surface area (Å²) in [6, 6.07) is 4.71. The minimum atomic E-state index is -0.647. The molecule has 0 radical (unpaired) electrons. The van der Waals surface area contributed by atoms with Crippen LogP contribution in [0, 0.1) is 0 Å². The molecule has 5 heteroatoms. The summed E-state index contributed by atoms with van der Waals surface area (Å²) < 4.78 is 5.45. The maximum Gasteiger partial charge on any atom is 0.260 e. The van der Waals surface area contributed by atoms with Crippen LogP contribution in [0.2, 0.25) is 0 Å². The van der Waals surface area contributed by atoms with E-state index < -0.39 is 6.10 Å². The topological polar surface area (TPSA) is 84.6 Å². The fourth-order valence-corrected chi connectivity index (χ4v) is 1.61. The molecule has 0 fully saturated rings. The van der Waals surface area contributed by atoms with Crippen LogP contribution >= 0.6 is 0 Å². The number of phenols is 1. The number of phenolic OH excluding ortho intramolecular Hbond substituents is 1. The zero-order valence-corrected chi connectivity index (χ0v) is 11.5. The predicted molar refractivity (Wildman–Crippen MR) is 75.1 cm³/mol. The van der Waals surface area contributed by atoms with Crippen LogP contribution in [0.5, 0.6) is 11.5 Å². The molecule has 19 heavy (non-hydrogen) atoms. The van der Waals surface area contributed by atoms with Crippen LogP contribution in [0.4, 0.5) is 5.69 Å². The van der Waals surface area contributed by atoms with Gasteiger partial charge in [-0.25, -0.2) is 0 Å². The molecule has 1 aromatic carbocycles. The van der Waals surface area contributed by atoms with Crippen molar-refractivity contribution in [1.29, 1.82) is 0 Å². The van der Waals surface area contributed by atoms with Gasteiger partial charge in [-0.1, -0.05) is 25.8 Å². The molecule has 1 aromatic rings. The van der Waals surface area contributed by atoms with Crippen molar-refractivity contribution in [3.63, 3.8) is 0 Å². The van der Waals surface area contributed by atoms with Crippen LogP contribution in [0.3, 0.4) is 0 Å². The summed E-state index contributed by atoms with van der Waals surface area (Å²) in [6.45, 7) is 4.41. The summed E-state index contributed by atoms with van der Waals surface area (Å²) in [5.41, 5.74) is 5.81. The molecule has 5 nitrogen and oxygen atoms in total. The lowest BCUT2D eigenvalue weighted by atomic mass is 10.2. The second-order valence-corrected chi connectivity index (χ2v) is 4.45. The molecule has 0 bridgehead atoms. The lowest BCUT2D eigenvalue weighted by Crippen LogP contribution is -2.36. The van der Waals surface area contributed by atoms with Crippen molar-refractivity contribution in [2.45, 2.75) is 39.2 Å². The fraction of sp³-hybridized carbons (Fsp3) is 0.500. The lowest BCUT2D eigenvalue weighted by Gasteiger charge is -2.16. The molecule has 0 heterocycles. The van der Waals surface area contributed by atoms with E-state index in [0.717, 1.165) is 19.3 Å². The van der Waals surface area contributed by atoms with Crippen LogP contribution in [0.15, 0.2) is 18.2 Å². The first-order valence-electron chi connectivity index (χ1n) is 6.58. The Labute approximate surface area is 113 Å². The molecule has 0 spiro atoms. The third-order valence-corrected chi connectivity index (χ3v) is 2.80. The Bertz CT molecular complexity index is 421. The van der Waals surface area contributed by atoms with E-state index in [9.17, 15) is 9.90 Å². The fourth-order valence-electron chi connectivity index (χ4n) is 1.61. The number of nitrogen functional groups attached to an aromatic ring is 1. The Kier molecular flexibility index (Phi) is 5.99. The van der Waals surface area contributed by atoms with Gasteiger partial charge in [0.2, 0.25) is 0 Å². The first-order valence-corrected chi connectivity index (χ1v) is 6.58. The quantitative estimate of drug-likeness (QED) is 0.400. The third-order valence-electron chi connectivity index (χ3n) is 2.80. The number of para-hydroxylation sites is 1. The number of hydrogen-bond donors (Lipinski definition) is 3. The minimum absolute atomic E-state index is 0.0481. The zero-order chi connectivity index (χ0) is 14.3. The SMILES string of the molecule is CCCCCNC(=O)C(C)Oc1cccc(O)c1N. The minimum Gasteiger partial charge on any atom is -0.506 e. The van der Waals surface area contributed by atoms with E-state index in [2.05, 4.69) is 12.2 Å². The molecule has 0 aliphatic rings. The van der Waals surface area contributed by atoms with Gasteiger partial charge in [-0.2, -0.15) is 0 Å². The molecule has 1 atom stereocenters. The summed E-state index contributed by atoms with van der Waals surface area (Å²) in [6.07, 6.45) is 2.52. The number of amides is 1. The Morgan fingerprint density at radius 2 is 2.21 bits per heavy atom. The average Bonchev–Trinajstić information content (AvgIpc) is 2.39. The highest BCUT2D eigenvalue weighted by atomic mass is 16.5. The van der Waals surface area contributed by atoms with Gasteiger partial charge in [0.25, 0.3) is 5.91 Å². The smallest absolute Gasteiger partial charge is 0.260 e. The zero-order valence-electron chi connectivity index (χ0n) is 11.5. The Morgan fingerprint density at radius 1 is 1.47 bits per heavy atom. The van der Waals surface area contributed by atoms with Crippen molar-refractivity contribution in [3.05, 3.63) is 18.2 Å². The third kappa shape index (κ3) is 4.69. The maximum atomic E-state index is 11.8. The van der Waals surface area contributed by atoms with Gasteiger partial charge in [-0.3, -0.25) is 4.79 Å². The highest BCUT2D eigenvalue weighted by molar-refractivity contribution is 5.81. The Morgan fingerprint density at radius 3 is 2.89 bits per heavy atom. The van der Waals surface area contributed by atoms with E-state index in [0.29, 0.717) is 12.3 Å². The number of nitrogens with one attached hydrogen (secondary N) is 1. The van der Waals surface area contributed by atoms with Gasteiger partial charge in [0, 0.05) is 6.54 Å². The lowest BCUT2D eigenvalue weighted by molar-refractivity contribution is -0.127. The number of aromatic hydroxyl groups is 1. The molecular weight excluding hydrogens is 244 g/mol. The molecule has 106 valence electrons. The van der Waals surface area contributed by atoms with Gasteiger partial charge in [0.15, 0.2) is 6.10 Å². The first-order chi connectivity index (χ1) is 9.06. The number of nitrogens with two attached hydrogens (primary N) is 1. The number of rotatable bonds is 7. The summed E-state index contributed by atoms with van der Waals surface area (Å²) in [7, 11) is 0. The Balaban J connectivity index is 2.47. The highest BCUT2D eigenvalue weighted by Gasteiger charge is 2.16. The number of ether oxygens (including phenoxy) is 1. The number of benzene rings is 1. The summed E-state index contributed by atoms with van der Waals surface area (Å²) in [5, 5.41) is 12.3. The van der Waals surface area contributed by atoms with E-state index in [1.165, 1.54) is 6.07 Å². The standard InChI is InChI=1S/C14H22N2O3/c1-3-4-5-9-16-14(18)10(2)19-12-8-6-7-11(17)13(12)15/h6-8,10,17H,3-5,9,15H2,1-2H3,(H,16,18). The molecule has 4 N–H and O–H groups in total. The molecule has 0 aliphatic carbocycles. The van der Waals surface area contributed by atoms with Crippen molar-refractivity contribution >= 4 is 11.6 Å². The van der Waals surface area contributed by atoms with Gasteiger partial charge in [-0.05, 0) is 25.5 Å². The van der Waals surface area contributed by atoms with Crippen LogP contribution in [-0.4, -0.2) is 23.7 Å². The second-order valence-electron chi connectivity index (χ2n) is 4.45. The van der Waals surface area contributed by atoms with Crippen molar-refractivity contribution in [1.82, 2.24) is 5.32 Å². The number of hydrogen-bond acceptors (Lipinski definition) is 4. The van der Waals surface area contributed by atoms with Crippen LogP contribution in [0.1, 0.15) is 33.1 Å². The second kappa shape index (κ2) is 7.51. The van der Waals surface area contributed by atoms with Gasteiger partial charge in [0.1, 0.15) is 17.2 Å². The van der Waals surface area contributed by atoms with Crippen molar-refractivity contribution in [2.24, 2.45) is 0 Å². The van der Waals surface area contributed by atoms with Crippen molar-refractivity contribution in [2.75, 3.05) is 12.3 Å². The predicted octanol–water partition coefficient (Wildman–Crippen LogP) is 2.05. The molecule has 0 saturated heterocycles. The van der Waals surface area contributed by atoms with E-state index in [4.69, 9.17) is 10.5 Å². The summed E-state index contributed by atoms with van der Waals surface area (Å²) in [4.78, 5) is 11.8. The number of unbranched alkanes of at least 4 members (excludes halogenated alkanes) is 2.